The van der Waals surface area contributed by atoms with Gasteiger partial charge in [0.2, 0.25) is 5.95 Å². The number of hydrogen-bond donors (Lipinski definition) is 4. The summed E-state index contributed by atoms with van der Waals surface area (Å²) in [5.41, 5.74) is 1.65. The molecule has 1 aromatic rings. The third-order valence-corrected chi connectivity index (χ3v) is 2.81. The van der Waals surface area contributed by atoms with Gasteiger partial charge in [0.15, 0.2) is 0 Å². The van der Waals surface area contributed by atoms with Crippen molar-refractivity contribution in [1.29, 1.82) is 0 Å². The minimum atomic E-state index is -0.723. The smallest absolute Gasteiger partial charge is 0.239 e. The zero-order valence-corrected chi connectivity index (χ0v) is 9.52. The number of hydrogen-bond acceptors (Lipinski definition) is 7. The van der Waals surface area contributed by atoms with E-state index in [1.54, 1.807) is 12.3 Å². The molecule has 0 saturated carbocycles. The minimum absolute atomic E-state index is 0.342. The average molecular weight is 239 g/mol. The monoisotopic (exact) mass is 239 g/mol. The molecule has 0 amide bonds. The lowest BCUT2D eigenvalue weighted by Crippen LogP contribution is -2.42. The second-order valence-electron chi connectivity index (χ2n) is 4.10. The first kappa shape index (κ1) is 12.0. The molecule has 0 aromatic carbocycles. The number of rotatable bonds is 4. The summed E-state index contributed by atoms with van der Waals surface area (Å²) >= 11 is 0. The SMILES string of the molecule is NNc1nccc(NCC2(O)CCOCC2)n1. The Hall–Kier alpha value is -1.44. The van der Waals surface area contributed by atoms with E-state index in [2.05, 4.69) is 20.7 Å². The van der Waals surface area contributed by atoms with Gasteiger partial charge in [-0.15, -0.1) is 0 Å². The van der Waals surface area contributed by atoms with Crippen molar-refractivity contribution in [2.45, 2.75) is 18.4 Å². The van der Waals surface area contributed by atoms with Crippen molar-refractivity contribution in [3.05, 3.63) is 12.3 Å². The number of nitrogens with zero attached hydrogens (tertiary/aromatic N) is 2. The highest BCUT2D eigenvalue weighted by Gasteiger charge is 2.29. The van der Waals surface area contributed by atoms with E-state index in [1.165, 1.54) is 0 Å². The molecule has 1 aromatic heterocycles. The number of nitrogens with one attached hydrogen (secondary N) is 2. The molecule has 0 atom stereocenters. The fraction of sp³-hybridized carbons (Fsp3) is 0.600. The summed E-state index contributed by atoms with van der Waals surface area (Å²) in [5, 5.41) is 13.3. The highest BCUT2D eigenvalue weighted by Crippen LogP contribution is 2.20. The Labute approximate surface area is 99.4 Å². The fourth-order valence-corrected chi connectivity index (χ4v) is 1.71. The van der Waals surface area contributed by atoms with Crippen LogP contribution in [0.3, 0.4) is 0 Å². The molecule has 7 nitrogen and oxygen atoms in total. The van der Waals surface area contributed by atoms with Gasteiger partial charge < -0.3 is 15.2 Å². The maximum absolute atomic E-state index is 10.2. The van der Waals surface area contributed by atoms with Gasteiger partial charge in [-0.2, -0.15) is 4.98 Å². The largest absolute Gasteiger partial charge is 0.388 e. The zero-order chi connectivity index (χ0) is 12.1. The van der Waals surface area contributed by atoms with Crippen molar-refractivity contribution in [2.24, 2.45) is 5.84 Å². The maximum Gasteiger partial charge on any atom is 0.239 e. The van der Waals surface area contributed by atoms with E-state index >= 15 is 0 Å². The van der Waals surface area contributed by atoms with Crippen molar-refractivity contribution < 1.29 is 9.84 Å². The molecule has 0 radical (unpaired) electrons. The Morgan fingerprint density at radius 2 is 2.24 bits per heavy atom. The molecule has 2 rings (SSSR count). The van der Waals surface area contributed by atoms with Crippen molar-refractivity contribution in [3.8, 4) is 0 Å². The van der Waals surface area contributed by atoms with Gasteiger partial charge in [0.1, 0.15) is 5.82 Å². The molecule has 1 aliphatic heterocycles. The first-order valence-electron chi connectivity index (χ1n) is 5.55. The van der Waals surface area contributed by atoms with E-state index in [4.69, 9.17) is 10.6 Å². The number of aliphatic hydroxyl groups is 1. The lowest BCUT2D eigenvalue weighted by atomic mass is 9.94. The summed E-state index contributed by atoms with van der Waals surface area (Å²) in [4.78, 5) is 8.01. The van der Waals surface area contributed by atoms with Gasteiger partial charge in [-0.1, -0.05) is 0 Å². The predicted molar refractivity (Wildman–Crippen MR) is 63.3 cm³/mol. The maximum atomic E-state index is 10.2. The molecule has 0 spiro atoms. The van der Waals surface area contributed by atoms with Crippen LogP contribution in [0, 0.1) is 0 Å². The number of nitrogens with two attached hydrogens (primary N) is 1. The molecule has 2 heterocycles. The Kier molecular flexibility index (Phi) is 3.72. The van der Waals surface area contributed by atoms with E-state index in [-0.39, 0.29) is 0 Å². The number of anilines is 2. The molecule has 17 heavy (non-hydrogen) atoms. The highest BCUT2D eigenvalue weighted by atomic mass is 16.5. The average Bonchev–Trinajstić information content (AvgIpc) is 2.38. The molecule has 1 aliphatic rings. The van der Waals surface area contributed by atoms with Gasteiger partial charge in [-0.05, 0) is 6.07 Å². The molecule has 0 unspecified atom stereocenters. The molecule has 0 aliphatic carbocycles. The molecule has 94 valence electrons. The van der Waals surface area contributed by atoms with E-state index < -0.39 is 5.60 Å². The number of aromatic nitrogens is 2. The zero-order valence-electron chi connectivity index (χ0n) is 9.52. The van der Waals surface area contributed by atoms with Crippen LogP contribution in [0.2, 0.25) is 0 Å². The van der Waals surface area contributed by atoms with E-state index in [1.807, 2.05) is 0 Å². The Bertz CT molecular complexity index is 367. The summed E-state index contributed by atoms with van der Waals surface area (Å²) < 4.78 is 5.21. The van der Waals surface area contributed by atoms with Gasteiger partial charge in [-0.25, -0.2) is 10.8 Å². The third-order valence-electron chi connectivity index (χ3n) is 2.81. The summed E-state index contributed by atoms with van der Waals surface area (Å²) in [7, 11) is 0. The molecule has 0 bridgehead atoms. The lowest BCUT2D eigenvalue weighted by Gasteiger charge is -2.32. The first-order chi connectivity index (χ1) is 8.22. The van der Waals surface area contributed by atoms with Gasteiger partial charge in [0.25, 0.3) is 0 Å². The van der Waals surface area contributed by atoms with Crippen LogP contribution in [-0.2, 0) is 4.74 Å². The van der Waals surface area contributed by atoms with Gasteiger partial charge in [0.05, 0.1) is 5.60 Å². The van der Waals surface area contributed by atoms with Crippen molar-refractivity contribution in [2.75, 3.05) is 30.5 Å². The minimum Gasteiger partial charge on any atom is -0.388 e. The number of nitrogen functional groups attached to an aromatic ring is 1. The van der Waals surface area contributed by atoms with Crippen LogP contribution in [-0.4, -0.2) is 40.4 Å². The standard InChI is InChI=1S/C10H17N5O2/c11-15-9-12-4-1-8(14-9)13-7-10(16)2-5-17-6-3-10/h1,4,16H,2-3,5-7,11H2,(H2,12,13,14,15). The number of ether oxygens (including phenoxy) is 1. The Balaban J connectivity index is 1.92. The lowest BCUT2D eigenvalue weighted by molar-refractivity contribution is -0.0543. The highest BCUT2D eigenvalue weighted by molar-refractivity contribution is 5.39. The van der Waals surface area contributed by atoms with Crippen LogP contribution >= 0.6 is 0 Å². The van der Waals surface area contributed by atoms with E-state index in [9.17, 15) is 5.11 Å². The molecule has 7 heteroatoms. The molecular formula is C10H17N5O2. The third kappa shape index (κ3) is 3.26. The Morgan fingerprint density at radius 3 is 2.94 bits per heavy atom. The topological polar surface area (TPSA) is 105 Å². The molecule has 1 fully saturated rings. The fourth-order valence-electron chi connectivity index (χ4n) is 1.71. The summed E-state index contributed by atoms with van der Waals surface area (Å²) in [6, 6.07) is 1.73. The van der Waals surface area contributed by atoms with E-state index in [0.717, 1.165) is 0 Å². The second-order valence-corrected chi connectivity index (χ2v) is 4.10. The van der Waals surface area contributed by atoms with Crippen LogP contribution in [0.4, 0.5) is 11.8 Å². The van der Waals surface area contributed by atoms with Gasteiger partial charge >= 0.3 is 0 Å². The second kappa shape index (κ2) is 5.26. The quantitative estimate of drug-likeness (QED) is 0.423. The number of hydrazine groups is 1. The summed E-state index contributed by atoms with van der Waals surface area (Å²) in [6.07, 6.45) is 2.86. The first-order valence-corrected chi connectivity index (χ1v) is 5.55. The summed E-state index contributed by atoms with van der Waals surface area (Å²) in [6.45, 7) is 1.63. The molecular weight excluding hydrogens is 222 g/mol. The van der Waals surface area contributed by atoms with Gasteiger partial charge in [-0.3, -0.25) is 5.43 Å². The molecule has 5 N–H and O–H groups in total. The predicted octanol–water partition coefficient (Wildman–Crippen LogP) is -0.284. The van der Waals surface area contributed by atoms with Crippen LogP contribution < -0.4 is 16.6 Å². The van der Waals surface area contributed by atoms with Crippen LogP contribution in [0.15, 0.2) is 12.3 Å². The Morgan fingerprint density at radius 1 is 1.47 bits per heavy atom. The normalized spacial score (nSPS) is 18.7. The summed E-state index contributed by atoms with van der Waals surface area (Å²) in [5.74, 6) is 6.19. The van der Waals surface area contributed by atoms with Crippen LogP contribution in [0.25, 0.3) is 0 Å². The van der Waals surface area contributed by atoms with E-state index in [0.29, 0.717) is 44.4 Å². The van der Waals surface area contributed by atoms with Crippen molar-refractivity contribution in [3.63, 3.8) is 0 Å². The van der Waals surface area contributed by atoms with Crippen LogP contribution in [0.1, 0.15) is 12.8 Å². The van der Waals surface area contributed by atoms with Crippen LogP contribution in [0.5, 0.6) is 0 Å². The molecule has 1 saturated heterocycles. The van der Waals surface area contributed by atoms with Crippen molar-refractivity contribution >= 4 is 11.8 Å². The van der Waals surface area contributed by atoms with Crippen molar-refractivity contribution in [1.82, 2.24) is 9.97 Å². The van der Waals surface area contributed by atoms with Gasteiger partial charge in [0, 0.05) is 38.8 Å².